The molecular formula is C14H20N2O4. The van der Waals surface area contributed by atoms with Gasteiger partial charge in [-0.15, -0.1) is 0 Å². The monoisotopic (exact) mass is 280 g/mol. The molecule has 0 atom stereocenters. The second kappa shape index (κ2) is 7.00. The quantitative estimate of drug-likeness (QED) is 0.472. The van der Waals surface area contributed by atoms with Crippen molar-refractivity contribution in [2.24, 2.45) is 0 Å². The molecule has 1 N–H and O–H groups in total. The topological polar surface area (TPSA) is 81.5 Å². The maximum Gasteiger partial charge on any atom is 0.269 e. The summed E-state index contributed by atoms with van der Waals surface area (Å²) in [6.45, 7) is 6.55. The summed E-state index contributed by atoms with van der Waals surface area (Å²) in [6.07, 6.45) is 0.296. The molecule has 0 unspecified atom stereocenters. The van der Waals surface area contributed by atoms with E-state index in [2.05, 4.69) is 5.32 Å². The Kier molecular flexibility index (Phi) is 5.64. The predicted octanol–water partition coefficient (Wildman–Crippen LogP) is 2.37. The van der Waals surface area contributed by atoms with Crippen LogP contribution in [-0.2, 0) is 15.1 Å². The number of hydrogen-bond donors (Lipinski definition) is 1. The van der Waals surface area contributed by atoms with Crippen molar-refractivity contribution in [1.82, 2.24) is 5.32 Å². The van der Waals surface area contributed by atoms with Crippen LogP contribution in [0.15, 0.2) is 24.3 Å². The number of nitrogens with one attached hydrogen (secondary N) is 1. The van der Waals surface area contributed by atoms with Crippen LogP contribution in [0.1, 0.15) is 32.8 Å². The highest BCUT2D eigenvalue weighted by molar-refractivity contribution is 5.77. The van der Waals surface area contributed by atoms with Gasteiger partial charge in [0, 0.05) is 25.2 Å². The van der Waals surface area contributed by atoms with Gasteiger partial charge in [-0.3, -0.25) is 14.9 Å². The number of nitrogens with zero attached hydrogens (tertiary/aromatic N) is 1. The number of amides is 1. The highest BCUT2D eigenvalue weighted by atomic mass is 16.6. The van der Waals surface area contributed by atoms with Crippen molar-refractivity contribution in [1.29, 1.82) is 0 Å². The number of nitro groups is 1. The number of carbonyl (C=O) groups is 1. The van der Waals surface area contributed by atoms with Crippen molar-refractivity contribution < 1.29 is 14.5 Å². The second-order valence-electron chi connectivity index (χ2n) is 4.92. The van der Waals surface area contributed by atoms with Crippen LogP contribution in [0.4, 0.5) is 5.69 Å². The van der Waals surface area contributed by atoms with Gasteiger partial charge in [0.05, 0.1) is 17.1 Å². The third-order valence-corrected chi connectivity index (χ3v) is 2.93. The van der Waals surface area contributed by atoms with E-state index in [1.807, 2.05) is 20.8 Å². The van der Waals surface area contributed by atoms with E-state index < -0.39 is 10.5 Å². The zero-order valence-corrected chi connectivity index (χ0v) is 12.0. The minimum atomic E-state index is -0.585. The van der Waals surface area contributed by atoms with Crippen LogP contribution in [0.25, 0.3) is 0 Å². The van der Waals surface area contributed by atoms with E-state index in [1.54, 1.807) is 12.1 Å². The fraction of sp³-hybridized carbons (Fsp3) is 0.500. The molecule has 0 aliphatic heterocycles. The smallest absolute Gasteiger partial charge is 0.269 e. The lowest BCUT2D eigenvalue weighted by Crippen LogP contribution is -2.41. The summed E-state index contributed by atoms with van der Waals surface area (Å²) >= 11 is 0. The molecule has 1 amide bonds. The molecule has 0 saturated heterocycles. The van der Waals surface area contributed by atoms with Crippen LogP contribution >= 0.6 is 0 Å². The van der Waals surface area contributed by atoms with Gasteiger partial charge in [0.2, 0.25) is 5.91 Å². The standard InChI is InChI=1S/C14H20N2O4/c1-4-20-10-9-13(17)15-14(2,3)11-5-7-12(8-6-11)16(18)19/h5-8H,4,9-10H2,1-3H3,(H,15,17). The minimum absolute atomic E-state index is 0.0345. The summed E-state index contributed by atoms with van der Waals surface area (Å²) in [7, 11) is 0. The molecule has 1 aromatic rings. The van der Waals surface area contributed by atoms with Crippen LogP contribution in [0.3, 0.4) is 0 Å². The van der Waals surface area contributed by atoms with Gasteiger partial charge in [0.25, 0.3) is 5.69 Å². The van der Waals surface area contributed by atoms with Crippen LogP contribution in [0, 0.1) is 10.1 Å². The summed E-state index contributed by atoms with van der Waals surface area (Å²) < 4.78 is 5.13. The summed E-state index contributed by atoms with van der Waals surface area (Å²) in [4.78, 5) is 21.9. The van der Waals surface area contributed by atoms with Crippen LogP contribution < -0.4 is 5.32 Å². The fourth-order valence-electron chi connectivity index (χ4n) is 1.79. The van der Waals surface area contributed by atoms with Crippen molar-refractivity contribution in [3.63, 3.8) is 0 Å². The molecule has 0 aliphatic carbocycles. The Morgan fingerprint density at radius 2 is 1.95 bits per heavy atom. The average Bonchev–Trinajstić information content (AvgIpc) is 2.38. The summed E-state index contributed by atoms with van der Waals surface area (Å²) in [5.74, 6) is -0.109. The van der Waals surface area contributed by atoms with Crippen molar-refractivity contribution in [2.75, 3.05) is 13.2 Å². The van der Waals surface area contributed by atoms with Crippen molar-refractivity contribution in [3.05, 3.63) is 39.9 Å². The Bertz CT molecular complexity index is 469. The van der Waals surface area contributed by atoms with E-state index in [4.69, 9.17) is 4.74 Å². The van der Waals surface area contributed by atoms with Gasteiger partial charge < -0.3 is 10.1 Å². The molecule has 20 heavy (non-hydrogen) atoms. The molecule has 0 aliphatic rings. The molecule has 110 valence electrons. The summed E-state index contributed by atoms with van der Waals surface area (Å²) in [5, 5.41) is 13.5. The minimum Gasteiger partial charge on any atom is -0.381 e. The molecule has 1 rings (SSSR count). The van der Waals surface area contributed by atoms with E-state index in [0.29, 0.717) is 19.6 Å². The van der Waals surface area contributed by atoms with E-state index in [1.165, 1.54) is 12.1 Å². The van der Waals surface area contributed by atoms with Gasteiger partial charge in [-0.05, 0) is 38.5 Å². The predicted molar refractivity (Wildman–Crippen MR) is 75.4 cm³/mol. The highest BCUT2D eigenvalue weighted by Gasteiger charge is 2.23. The SMILES string of the molecule is CCOCCC(=O)NC(C)(C)c1ccc([N+](=O)[O-])cc1. The Hall–Kier alpha value is -1.95. The molecule has 0 spiro atoms. The average molecular weight is 280 g/mol. The number of rotatable bonds is 7. The summed E-state index contributed by atoms with van der Waals surface area (Å²) in [5.41, 5.74) is 0.262. The van der Waals surface area contributed by atoms with E-state index in [-0.39, 0.29) is 11.6 Å². The maximum atomic E-state index is 11.8. The number of nitro benzene ring substituents is 1. The first-order valence-corrected chi connectivity index (χ1v) is 6.50. The number of carbonyl (C=O) groups excluding carboxylic acids is 1. The second-order valence-corrected chi connectivity index (χ2v) is 4.92. The van der Waals surface area contributed by atoms with Crippen molar-refractivity contribution >= 4 is 11.6 Å². The van der Waals surface area contributed by atoms with Crippen LogP contribution in [-0.4, -0.2) is 24.0 Å². The first-order valence-electron chi connectivity index (χ1n) is 6.50. The van der Waals surface area contributed by atoms with Gasteiger partial charge in [-0.1, -0.05) is 0 Å². The Morgan fingerprint density at radius 1 is 1.35 bits per heavy atom. The molecular weight excluding hydrogens is 260 g/mol. The van der Waals surface area contributed by atoms with Gasteiger partial charge in [-0.25, -0.2) is 0 Å². The largest absolute Gasteiger partial charge is 0.381 e. The number of hydrogen-bond acceptors (Lipinski definition) is 4. The van der Waals surface area contributed by atoms with E-state index >= 15 is 0 Å². The molecule has 6 nitrogen and oxygen atoms in total. The zero-order valence-electron chi connectivity index (χ0n) is 12.0. The Labute approximate surface area is 118 Å². The molecule has 0 heterocycles. The molecule has 0 bridgehead atoms. The first kappa shape index (κ1) is 16.1. The molecule has 0 aromatic heterocycles. The molecule has 0 radical (unpaired) electrons. The Morgan fingerprint density at radius 3 is 2.45 bits per heavy atom. The van der Waals surface area contributed by atoms with Gasteiger partial charge in [0.1, 0.15) is 0 Å². The lowest BCUT2D eigenvalue weighted by atomic mass is 9.94. The lowest BCUT2D eigenvalue weighted by Gasteiger charge is -2.27. The molecule has 0 fully saturated rings. The van der Waals surface area contributed by atoms with Crippen molar-refractivity contribution in [3.8, 4) is 0 Å². The fourth-order valence-corrected chi connectivity index (χ4v) is 1.79. The molecule has 1 aromatic carbocycles. The van der Waals surface area contributed by atoms with E-state index in [9.17, 15) is 14.9 Å². The first-order chi connectivity index (χ1) is 9.36. The van der Waals surface area contributed by atoms with Crippen LogP contribution in [0.5, 0.6) is 0 Å². The number of non-ortho nitro benzene ring substituents is 1. The normalized spacial score (nSPS) is 11.2. The van der Waals surface area contributed by atoms with Gasteiger partial charge >= 0.3 is 0 Å². The zero-order chi connectivity index (χ0) is 15.2. The highest BCUT2D eigenvalue weighted by Crippen LogP contribution is 2.22. The number of ether oxygens (including phenoxy) is 1. The molecule has 0 saturated carbocycles. The summed E-state index contributed by atoms with van der Waals surface area (Å²) in [6, 6.07) is 6.18. The van der Waals surface area contributed by atoms with E-state index in [0.717, 1.165) is 5.56 Å². The third-order valence-electron chi connectivity index (χ3n) is 2.93. The number of benzene rings is 1. The lowest BCUT2D eigenvalue weighted by molar-refractivity contribution is -0.384. The van der Waals surface area contributed by atoms with Crippen molar-refractivity contribution in [2.45, 2.75) is 32.7 Å². The van der Waals surface area contributed by atoms with Crippen LogP contribution in [0.2, 0.25) is 0 Å². The van der Waals surface area contributed by atoms with Gasteiger partial charge in [-0.2, -0.15) is 0 Å². The Balaban J connectivity index is 2.67. The van der Waals surface area contributed by atoms with Gasteiger partial charge in [0.15, 0.2) is 0 Å². The third kappa shape index (κ3) is 4.62. The maximum absolute atomic E-state index is 11.8. The molecule has 6 heteroatoms.